The number of hydrogen-bond donors (Lipinski definition) is 2. The second-order valence-electron chi connectivity index (χ2n) is 3.60. The Morgan fingerprint density at radius 3 is 2.53 bits per heavy atom. The van der Waals surface area contributed by atoms with Gasteiger partial charge in [0.15, 0.2) is 0 Å². The largest absolute Gasteiger partial charge is 0.480 e. The molecule has 0 aromatic carbocycles. The molecule has 0 aliphatic heterocycles. The average Bonchev–Trinajstić information content (AvgIpc) is 2.33. The zero-order valence-corrected chi connectivity index (χ0v) is 9.52. The predicted octanol–water partition coefficient (Wildman–Crippen LogP) is 0.541. The maximum absolute atomic E-state index is 12.0. The molecule has 104 valence electrons. The molecule has 6 nitrogen and oxygen atoms in total. The molecule has 19 heavy (non-hydrogen) atoms. The van der Waals surface area contributed by atoms with Crippen LogP contribution in [0.1, 0.15) is 12.1 Å². The first-order valence-electron chi connectivity index (χ1n) is 5.16. The van der Waals surface area contributed by atoms with Gasteiger partial charge in [0.2, 0.25) is 0 Å². The van der Waals surface area contributed by atoms with Crippen molar-refractivity contribution in [1.82, 2.24) is 15.3 Å². The Kier molecular flexibility index (Phi) is 4.79. The first kappa shape index (κ1) is 14.9. The van der Waals surface area contributed by atoms with Gasteiger partial charge in [-0.25, -0.2) is 4.79 Å². The van der Waals surface area contributed by atoms with Crippen molar-refractivity contribution in [3.05, 3.63) is 24.3 Å². The molecule has 1 aromatic rings. The van der Waals surface area contributed by atoms with E-state index in [1.54, 1.807) is 0 Å². The average molecular weight is 277 g/mol. The highest BCUT2D eigenvalue weighted by Crippen LogP contribution is 2.15. The van der Waals surface area contributed by atoms with Crippen LogP contribution < -0.4 is 5.32 Å². The van der Waals surface area contributed by atoms with Gasteiger partial charge >= 0.3 is 18.1 Å². The highest BCUT2D eigenvalue weighted by Gasteiger charge is 2.40. The number of aryl methyl sites for hydroxylation is 1. The fraction of sp³-hybridized carbons (Fsp3) is 0.400. The zero-order chi connectivity index (χ0) is 14.5. The third-order valence-corrected chi connectivity index (χ3v) is 2.17. The van der Waals surface area contributed by atoms with Crippen LogP contribution >= 0.6 is 0 Å². The summed E-state index contributed by atoms with van der Waals surface area (Å²) in [7, 11) is 0. The Hall–Kier alpha value is -2.19. The van der Waals surface area contributed by atoms with Gasteiger partial charge in [0.05, 0.1) is 5.69 Å². The molecule has 0 bridgehead atoms. The Bertz CT molecular complexity index is 450. The van der Waals surface area contributed by atoms with Crippen LogP contribution in [-0.4, -0.2) is 39.2 Å². The first-order chi connectivity index (χ1) is 8.80. The van der Waals surface area contributed by atoms with Crippen molar-refractivity contribution in [3.8, 4) is 0 Å². The molecule has 0 radical (unpaired) electrons. The first-order valence-corrected chi connectivity index (χ1v) is 5.16. The molecule has 0 spiro atoms. The summed E-state index contributed by atoms with van der Waals surface area (Å²) in [5.41, 5.74) is 0.426. The fourth-order valence-electron chi connectivity index (χ4n) is 1.25. The van der Waals surface area contributed by atoms with Crippen molar-refractivity contribution in [2.24, 2.45) is 0 Å². The van der Waals surface area contributed by atoms with Crippen LogP contribution in [0.5, 0.6) is 0 Å². The summed E-state index contributed by atoms with van der Waals surface area (Å²) < 4.78 is 36.0. The number of carboxylic acid groups (broad SMARTS) is 1. The molecule has 1 amide bonds. The molecule has 1 atom stereocenters. The summed E-state index contributed by atoms with van der Waals surface area (Å²) >= 11 is 0. The number of hydrogen-bond acceptors (Lipinski definition) is 4. The molecule has 1 aromatic heterocycles. The van der Waals surface area contributed by atoms with Gasteiger partial charge in [0, 0.05) is 18.6 Å². The number of aromatic nitrogens is 2. The van der Waals surface area contributed by atoms with Gasteiger partial charge in [-0.15, -0.1) is 0 Å². The number of carboxylic acids is 1. The van der Waals surface area contributed by atoms with Crippen LogP contribution in [-0.2, 0) is 16.0 Å². The number of rotatable bonds is 5. The second-order valence-corrected chi connectivity index (χ2v) is 3.60. The smallest absolute Gasteiger partial charge is 0.471 e. The van der Waals surface area contributed by atoms with E-state index in [1.165, 1.54) is 23.9 Å². The van der Waals surface area contributed by atoms with E-state index in [0.717, 1.165) is 0 Å². The molecule has 0 aliphatic rings. The quantitative estimate of drug-likeness (QED) is 0.819. The molecule has 0 saturated carbocycles. The van der Waals surface area contributed by atoms with Crippen LogP contribution in [0.15, 0.2) is 18.6 Å². The summed E-state index contributed by atoms with van der Waals surface area (Å²) in [4.78, 5) is 29.0. The molecule has 0 aliphatic carbocycles. The number of carbonyl (C=O) groups is 2. The third kappa shape index (κ3) is 4.90. The lowest BCUT2D eigenvalue weighted by Crippen LogP contribution is -2.47. The number of nitrogens with one attached hydrogen (secondary N) is 1. The van der Waals surface area contributed by atoms with Gasteiger partial charge in [-0.3, -0.25) is 14.8 Å². The molecule has 1 rings (SSSR count). The minimum atomic E-state index is -5.11. The lowest BCUT2D eigenvalue weighted by Gasteiger charge is -2.15. The van der Waals surface area contributed by atoms with Gasteiger partial charge in [-0.05, 0) is 12.8 Å². The van der Waals surface area contributed by atoms with Crippen LogP contribution in [0.2, 0.25) is 0 Å². The SMILES string of the molecule is O=C(O)C(CCc1cnccn1)NC(=O)C(F)(F)F. The Labute approximate surface area is 105 Å². The molecule has 1 heterocycles. The highest BCUT2D eigenvalue weighted by molar-refractivity contribution is 5.86. The van der Waals surface area contributed by atoms with Crippen LogP contribution in [0, 0.1) is 0 Å². The maximum atomic E-state index is 12.0. The number of nitrogens with zero attached hydrogens (tertiary/aromatic N) is 2. The number of aliphatic carboxylic acids is 1. The van der Waals surface area contributed by atoms with E-state index in [4.69, 9.17) is 5.11 Å². The summed E-state index contributed by atoms with van der Waals surface area (Å²) in [6, 6.07) is -1.63. The Balaban J connectivity index is 2.59. The van der Waals surface area contributed by atoms with Crippen molar-refractivity contribution < 1.29 is 27.9 Å². The number of amides is 1. The van der Waals surface area contributed by atoms with E-state index in [9.17, 15) is 22.8 Å². The van der Waals surface area contributed by atoms with Gasteiger partial charge in [0.1, 0.15) is 6.04 Å². The van der Waals surface area contributed by atoms with E-state index >= 15 is 0 Å². The summed E-state index contributed by atoms with van der Waals surface area (Å²) in [5.74, 6) is -3.82. The number of carbonyl (C=O) groups excluding carboxylic acids is 1. The Morgan fingerprint density at radius 1 is 1.37 bits per heavy atom. The normalized spacial score (nSPS) is 12.8. The van der Waals surface area contributed by atoms with E-state index in [-0.39, 0.29) is 12.8 Å². The number of halogens is 3. The zero-order valence-electron chi connectivity index (χ0n) is 9.52. The van der Waals surface area contributed by atoms with Gasteiger partial charge in [-0.2, -0.15) is 13.2 Å². The van der Waals surface area contributed by atoms with Crippen molar-refractivity contribution in [2.75, 3.05) is 0 Å². The van der Waals surface area contributed by atoms with E-state index in [1.807, 2.05) is 0 Å². The standard InChI is InChI=1S/C10H10F3N3O3/c11-10(12,13)9(19)16-7(8(17)18)2-1-6-5-14-3-4-15-6/h3-5,7H,1-2H2,(H,16,19)(H,17,18). The minimum Gasteiger partial charge on any atom is -0.480 e. The van der Waals surface area contributed by atoms with E-state index < -0.39 is 24.1 Å². The molecular weight excluding hydrogens is 267 g/mol. The fourth-order valence-corrected chi connectivity index (χ4v) is 1.25. The second kappa shape index (κ2) is 6.12. The van der Waals surface area contributed by atoms with Crippen LogP contribution in [0.25, 0.3) is 0 Å². The third-order valence-electron chi connectivity index (χ3n) is 2.17. The monoisotopic (exact) mass is 277 g/mol. The van der Waals surface area contributed by atoms with Crippen LogP contribution in [0.4, 0.5) is 13.2 Å². The minimum absolute atomic E-state index is 0.0863. The predicted molar refractivity (Wildman–Crippen MR) is 56.0 cm³/mol. The molecular formula is C10H10F3N3O3. The maximum Gasteiger partial charge on any atom is 0.471 e. The summed E-state index contributed by atoms with van der Waals surface area (Å²) in [5, 5.41) is 10.2. The lowest BCUT2D eigenvalue weighted by molar-refractivity contribution is -0.175. The number of alkyl halides is 3. The van der Waals surface area contributed by atoms with Crippen molar-refractivity contribution in [3.63, 3.8) is 0 Å². The van der Waals surface area contributed by atoms with Crippen molar-refractivity contribution in [1.29, 1.82) is 0 Å². The molecule has 0 fully saturated rings. The molecule has 1 unspecified atom stereocenters. The van der Waals surface area contributed by atoms with Crippen LogP contribution in [0.3, 0.4) is 0 Å². The van der Waals surface area contributed by atoms with Gasteiger partial charge in [0.25, 0.3) is 0 Å². The van der Waals surface area contributed by atoms with Crippen molar-refractivity contribution >= 4 is 11.9 Å². The van der Waals surface area contributed by atoms with Crippen molar-refractivity contribution in [2.45, 2.75) is 25.1 Å². The lowest BCUT2D eigenvalue weighted by atomic mass is 10.1. The molecule has 0 saturated heterocycles. The highest BCUT2D eigenvalue weighted by atomic mass is 19.4. The van der Waals surface area contributed by atoms with E-state index in [2.05, 4.69) is 9.97 Å². The van der Waals surface area contributed by atoms with E-state index in [0.29, 0.717) is 5.69 Å². The van der Waals surface area contributed by atoms with Gasteiger partial charge in [-0.1, -0.05) is 0 Å². The molecule has 9 heteroatoms. The summed E-state index contributed by atoms with van der Waals surface area (Å²) in [6.07, 6.45) is -1.09. The Morgan fingerprint density at radius 2 is 2.05 bits per heavy atom. The molecule has 2 N–H and O–H groups in total. The topological polar surface area (TPSA) is 92.2 Å². The van der Waals surface area contributed by atoms with Gasteiger partial charge < -0.3 is 10.4 Å². The summed E-state index contributed by atoms with van der Waals surface area (Å²) in [6.45, 7) is 0.